The molecule has 0 bridgehead atoms. The monoisotopic (exact) mass is 356 g/mol. The van der Waals surface area contributed by atoms with Crippen LogP contribution in [0.15, 0.2) is 22.7 Å². The molecule has 1 N–H and O–H groups in total. The van der Waals surface area contributed by atoms with Crippen LogP contribution in [0.25, 0.3) is 0 Å². The number of nitrogens with zero attached hydrogens (tertiary/aromatic N) is 1. The van der Waals surface area contributed by atoms with Crippen molar-refractivity contribution < 1.29 is 9.53 Å². The molecule has 5 heteroatoms. The number of hydrogen-bond acceptors (Lipinski definition) is 3. The minimum Gasteiger partial charge on any atom is -0.496 e. The zero-order valence-electron chi connectivity index (χ0n) is 13.4. The Morgan fingerprint density at radius 1 is 1.38 bits per heavy atom. The Hall–Kier alpha value is -1.07. The number of ether oxygens (including phenoxy) is 1. The van der Waals surface area contributed by atoms with Gasteiger partial charge < -0.3 is 15.0 Å². The van der Waals surface area contributed by atoms with Crippen molar-refractivity contribution in [1.29, 1.82) is 0 Å². The van der Waals surface area contributed by atoms with Gasteiger partial charge in [-0.2, -0.15) is 0 Å². The van der Waals surface area contributed by atoms with Crippen LogP contribution >= 0.6 is 15.9 Å². The number of carbonyl (C=O) groups excluding carboxylic acids is 1. The van der Waals surface area contributed by atoms with Crippen molar-refractivity contribution in [2.24, 2.45) is 5.92 Å². The molecule has 0 saturated carbocycles. The summed E-state index contributed by atoms with van der Waals surface area (Å²) < 4.78 is 6.18. The van der Waals surface area contributed by atoms with Gasteiger partial charge >= 0.3 is 0 Å². The quantitative estimate of drug-likeness (QED) is 0.815. The van der Waals surface area contributed by atoms with Gasteiger partial charge in [-0.15, -0.1) is 0 Å². The summed E-state index contributed by atoms with van der Waals surface area (Å²) in [6.45, 7) is 5.15. The molecule has 21 heavy (non-hydrogen) atoms. The smallest absolute Gasteiger partial charge is 0.255 e. The van der Waals surface area contributed by atoms with E-state index in [9.17, 15) is 4.79 Å². The van der Waals surface area contributed by atoms with E-state index >= 15 is 0 Å². The highest BCUT2D eigenvalue weighted by molar-refractivity contribution is 9.10. The van der Waals surface area contributed by atoms with Crippen LogP contribution in [0.3, 0.4) is 0 Å². The van der Waals surface area contributed by atoms with Gasteiger partial charge in [0.05, 0.1) is 12.7 Å². The minimum atomic E-state index is -0.0909. The van der Waals surface area contributed by atoms with Crippen LogP contribution in [-0.4, -0.2) is 44.6 Å². The van der Waals surface area contributed by atoms with Crippen LogP contribution in [0.5, 0.6) is 5.75 Å². The molecule has 1 amide bonds. The molecule has 1 atom stereocenters. The molecule has 1 rings (SSSR count). The molecule has 0 heterocycles. The maximum atomic E-state index is 12.5. The lowest BCUT2D eigenvalue weighted by Crippen LogP contribution is -2.42. The molecule has 1 aromatic carbocycles. The van der Waals surface area contributed by atoms with Gasteiger partial charge in [-0.3, -0.25) is 4.79 Å². The van der Waals surface area contributed by atoms with Crippen molar-refractivity contribution in [1.82, 2.24) is 10.2 Å². The van der Waals surface area contributed by atoms with Crippen LogP contribution < -0.4 is 10.1 Å². The maximum absolute atomic E-state index is 12.5. The first-order valence-electron chi connectivity index (χ1n) is 7.12. The zero-order valence-corrected chi connectivity index (χ0v) is 15.0. The van der Waals surface area contributed by atoms with Crippen molar-refractivity contribution in [3.8, 4) is 5.75 Å². The molecule has 0 aromatic heterocycles. The lowest BCUT2D eigenvalue weighted by molar-refractivity contribution is 0.0921. The van der Waals surface area contributed by atoms with Crippen LogP contribution in [0.2, 0.25) is 0 Å². The first-order valence-corrected chi connectivity index (χ1v) is 7.92. The third-order valence-corrected chi connectivity index (χ3v) is 3.58. The zero-order chi connectivity index (χ0) is 16.0. The van der Waals surface area contributed by atoms with Gasteiger partial charge in [-0.1, -0.05) is 29.8 Å². The fourth-order valence-corrected chi connectivity index (χ4v) is 2.64. The van der Waals surface area contributed by atoms with Crippen LogP contribution in [0.4, 0.5) is 0 Å². The lowest BCUT2D eigenvalue weighted by atomic mass is 10.0. The first kappa shape index (κ1) is 18.0. The number of amides is 1. The second-order valence-corrected chi connectivity index (χ2v) is 6.82. The first-order chi connectivity index (χ1) is 9.83. The van der Waals surface area contributed by atoms with E-state index in [1.165, 1.54) is 0 Å². The predicted octanol–water partition coefficient (Wildman–Crippen LogP) is 3.16. The number of rotatable bonds is 7. The van der Waals surface area contributed by atoms with Gasteiger partial charge in [0.1, 0.15) is 5.75 Å². The minimum absolute atomic E-state index is 0.0909. The Bertz CT molecular complexity index is 465. The van der Waals surface area contributed by atoms with Gasteiger partial charge in [0.15, 0.2) is 0 Å². The van der Waals surface area contributed by atoms with Gasteiger partial charge in [0, 0.05) is 17.1 Å². The fraction of sp³-hybridized carbons (Fsp3) is 0.562. The van der Waals surface area contributed by atoms with Crippen molar-refractivity contribution in [3.05, 3.63) is 28.2 Å². The van der Waals surface area contributed by atoms with Gasteiger partial charge in [-0.05, 0) is 44.6 Å². The van der Waals surface area contributed by atoms with E-state index in [1.807, 2.05) is 20.2 Å². The van der Waals surface area contributed by atoms with E-state index in [0.29, 0.717) is 17.2 Å². The number of hydrogen-bond donors (Lipinski definition) is 1. The highest BCUT2D eigenvalue weighted by Crippen LogP contribution is 2.23. The van der Waals surface area contributed by atoms with E-state index in [0.717, 1.165) is 17.4 Å². The Balaban J connectivity index is 2.85. The summed E-state index contributed by atoms with van der Waals surface area (Å²) in [4.78, 5) is 14.6. The molecule has 0 fully saturated rings. The number of nitrogens with one attached hydrogen (secondary N) is 1. The standard InChI is InChI=1S/C16H25BrN2O2/c1-11(2)8-13(10-19(3)4)18-16(20)14-7-6-12(17)9-15(14)21-5/h6-7,9,11,13H,8,10H2,1-5H3,(H,18,20). The summed E-state index contributed by atoms with van der Waals surface area (Å²) in [5.41, 5.74) is 0.563. The maximum Gasteiger partial charge on any atom is 0.255 e. The molecule has 0 aliphatic heterocycles. The van der Waals surface area contributed by atoms with Crippen molar-refractivity contribution in [3.63, 3.8) is 0 Å². The van der Waals surface area contributed by atoms with Crippen molar-refractivity contribution >= 4 is 21.8 Å². The summed E-state index contributed by atoms with van der Waals surface area (Å²) in [7, 11) is 5.60. The molecular formula is C16H25BrN2O2. The number of methoxy groups -OCH3 is 1. The highest BCUT2D eigenvalue weighted by atomic mass is 79.9. The third kappa shape index (κ3) is 6.06. The average molecular weight is 357 g/mol. The summed E-state index contributed by atoms with van der Waals surface area (Å²) in [6.07, 6.45) is 0.947. The van der Waals surface area contributed by atoms with Crippen molar-refractivity contribution in [2.45, 2.75) is 26.3 Å². The topological polar surface area (TPSA) is 41.6 Å². The lowest BCUT2D eigenvalue weighted by Gasteiger charge is -2.24. The fourth-order valence-electron chi connectivity index (χ4n) is 2.30. The van der Waals surface area contributed by atoms with Crippen LogP contribution in [0, 0.1) is 5.92 Å². The number of benzene rings is 1. The SMILES string of the molecule is COc1cc(Br)ccc1C(=O)NC(CC(C)C)CN(C)C. The second-order valence-electron chi connectivity index (χ2n) is 5.91. The summed E-state index contributed by atoms with van der Waals surface area (Å²) in [6, 6.07) is 5.56. The summed E-state index contributed by atoms with van der Waals surface area (Å²) in [5, 5.41) is 3.11. The molecule has 1 unspecified atom stereocenters. The van der Waals surface area contributed by atoms with E-state index in [4.69, 9.17) is 4.74 Å². The van der Waals surface area contributed by atoms with E-state index in [-0.39, 0.29) is 11.9 Å². The highest BCUT2D eigenvalue weighted by Gasteiger charge is 2.18. The Kier molecular flexibility index (Phi) is 7.18. The molecule has 0 aliphatic carbocycles. The van der Waals surface area contributed by atoms with Gasteiger partial charge in [0.2, 0.25) is 0 Å². The van der Waals surface area contributed by atoms with Gasteiger partial charge in [-0.25, -0.2) is 0 Å². The molecule has 0 radical (unpaired) electrons. The molecule has 0 saturated heterocycles. The summed E-state index contributed by atoms with van der Waals surface area (Å²) in [5.74, 6) is 1.02. The van der Waals surface area contributed by atoms with E-state index in [2.05, 4.69) is 40.0 Å². The number of carbonyl (C=O) groups is 1. The molecule has 0 aliphatic rings. The second kappa shape index (κ2) is 8.39. The number of likely N-dealkylation sites (N-methyl/N-ethyl adjacent to an activating group) is 1. The van der Waals surface area contributed by atoms with Crippen LogP contribution in [-0.2, 0) is 0 Å². The largest absolute Gasteiger partial charge is 0.496 e. The molecule has 4 nitrogen and oxygen atoms in total. The van der Waals surface area contributed by atoms with Crippen LogP contribution in [0.1, 0.15) is 30.6 Å². The molecule has 0 spiro atoms. The Labute approximate surface area is 136 Å². The Morgan fingerprint density at radius 3 is 2.57 bits per heavy atom. The average Bonchev–Trinajstić information content (AvgIpc) is 2.36. The summed E-state index contributed by atoms with van der Waals surface area (Å²) >= 11 is 3.38. The number of halogens is 1. The Morgan fingerprint density at radius 2 is 2.05 bits per heavy atom. The van der Waals surface area contributed by atoms with E-state index < -0.39 is 0 Å². The molecule has 1 aromatic rings. The van der Waals surface area contributed by atoms with E-state index in [1.54, 1.807) is 19.2 Å². The third-order valence-electron chi connectivity index (χ3n) is 3.08. The predicted molar refractivity (Wildman–Crippen MR) is 90.0 cm³/mol. The van der Waals surface area contributed by atoms with Gasteiger partial charge in [0.25, 0.3) is 5.91 Å². The molecular weight excluding hydrogens is 332 g/mol. The molecule has 118 valence electrons. The van der Waals surface area contributed by atoms with Crippen molar-refractivity contribution in [2.75, 3.05) is 27.7 Å². The normalized spacial score (nSPS) is 12.6.